The van der Waals surface area contributed by atoms with Gasteiger partial charge in [0.05, 0.1) is 19.6 Å². The Labute approximate surface area is 156 Å². The van der Waals surface area contributed by atoms with Crippen LogP contribution in [0.2, 0.25) is 0 Å². The molecule has 0 rings (SSSR count). The fourth-order valence-electron chi connectivity index (χ4n) is 1.84. The maximum atomic E-state index is 11.7. The Kier molecular flexibility index (Phi) is 15.4. The first kappa shape index (κ1) is 24.1. The van der Waals surface area contributed by atoms with Crippen LogP contribution in [-0.4, -0.2) is 50.9 Å². The molecule has 0 atom stereocenters. The van der Waals surface area contributed by atoms with Crippen LogP contribution in [0.1, 0.15) is 58.8 Å². The van der Waals surface area contributed by atoms with E-state index in [1.165, 1.54) is 0 Å². The van der Waals surface area contributed by atoms with E-state index in [1.807, 2.05) is 0 Å². The van der Waals surface area contributed by atoms with Crippen molar-refractivity contribution >= 4 is 17.9 Å². The van der Waals surface area contributed by atoms with Gasteiger partial charge >= 0.3 is 17.9 Å². The van der Waals surface area contributed by atoms with E-state index in [1.54, 1.807) is 0 Å². The van der Waals surface area contributed by atoms with Gasteiger partial charge in [-0.1, -0.05) is 46.1 Å². The van der Waals surface area contributed by atoms with Gasteiger partial charge in [-0.05, 0) is 12.8 Å². The Bertz CT molecular complexity index is 432. The van der Waals surface area contributed by atoms with Crippen molar-refractivity contribution in [3.63, 3.8) is 0 Å². The van der Waals surface area contributed by atoms with Crippen LogP contribution in [0, 0.1) is 0 Å². The summed E-state index contributed by atoms with van der Waals surface area (Å²) in [6.07, 6.45) is 5.67. The lowest BCUT2D eigenvalue weighted by Crippen LogP contribution is -2.19. The van der Waals surface area contributed by atoms with Gasteiger partial charge in [0.1, 0.15) is 6.61 Å². The van der Waals surface area contributed by atoms with Gasteiger partial charge in [-0.25, -0.2) is 9.59 Å². The lowest BCUT2D eigenvalue weighted by Gasteiger charge is -2.08. The Morgan fingerprint density at radius 2 is 1.42 bits per heavy atom. The van der Waals surface area contributed by atoms with Gasteiger partial charge in [0.25, 0.3) is 0 Å². The van der Waals surface area contributed by atoms with Crippen molar-refractivity contribution in [1.29, 1.82) is 0 Å². The largest absolute Gasteiger partial charge is 0.463 e. The van der Waals surface area contributed by atoms with Crippen molar-refractivity contribution in [1.82, 2.24) is 0 Å². The number of esters is 3. The van der Waals surface area contributed by atoms with Crippen molar-refractivity contribution in [3.8, 4) is 0 Å². The molecule has 0 aromatic heterocycles. The number of carbonyl (C=O) groups is 3. The highest BCUT2D eigenvalue weighted by molar-refractivity contribution is 5.94. The standard InChI is InChI=1S/C19H32O7/c1-4-6-8-9-11-24-18(21)15-26-19(22)16(3)14-17(20)25-13-12-23-10-7-5-2/h3-15H2,1-2H3. The maximum Gasteiger partial charge on any atom is 0.344 e. The van der Waals surface area contributed by atoms with E-state index in [-0.39, 0.29) is 18.6 Å². The molecular weight excluding hydrogens is 340 g/mol. The summed E-state index contributed by atoms with van der Waals surface area (Å²) >= 11 is 0. The van der Waals surface area contributed by atoms with Crippen LogP contribution < -0.4 is 0 Å². The molecule has 0 N–H and O–H groups in total. The van der Waals surface area contributed by atoms with Crippen LogP contribution in [-0.2, 0) is 33.3 Å². The van der Waals surface area contributed by atoms with Gasteiger partial charge in [0.2, 0.25) is 0 Å². The second-order valence-electron chi connectivity index (χ2n) is 5.82. The summed E-state index contributed by atoms with van der Waals surface area (Å²) in [5, 5.41) is 0. The molecule has 7 nitrogen and oxygen atoms in total. The number of unbranched alkanes of at least 4 members (excludes halogenated alkanes) is 4. The second kappa shape index (κ2) is 16.6. The van der Waals surface area contributed by atoms with Crippen LogP contribution in [0.4, 0.5) is 0 Å². The average Bonchev–Trinajstić information content (AvgIpc) is 2.62. The predicted molar refractivity (Wildman–Crippen MR) is 96.5 cm³/mol. The Hall–Kier alpha value is -1.89. The van der Waals surface area contributed by atoms with E-state index >= 15 is 0 Å². The third kappa shape index (κ3) is 14.5. The Balaban J connectivity index is 3.76. The monoisotopic (exact) mass is 372 g/mol. The molecule has 0 aliphatic heterocycles. The smallest absolute Gasteiger partial charge is 0.344 e. The van der Waals surface area contributed by atoms with Gasteiger partial charge in [0.15, 0.2) is 6.61 Å². The van der Waals surface area contributed by atoms with E-state index in [2.05, 4.69) is 20.4 Å². The summed E-state index contributed by atoms with van der Waals surface area (Å²) in [5.74, 6) is -2.02. The molecule has 0 spiro atoms. The van der Waals surface area contributed by atoms with Gasteiger partial charge in [-0.3, -0.25) is 4.79 Å². The Morgan fingerprint density at radius 1 is 0.731 bits per heavy atom. The minimum atomic E-state index is -0.816. The molecule has 0 amide bonds. The summed E-state index contributed by atoms with van der Waals surface area (Å²) < 4.78 is 19.9. The topological polar surface area (TPSA) is 88.1 Å². The first-order valence-electron chi connectivity index (χ1n) is 9.25. The normalized spacial score (nSPS) is 10.2. The van der Waals surface area contributed by atoms with Crippen LogP contribution in [0.3, 0.4) is 0 Å². The molecule has 7 heteroatoms. The van der Waals surface area contributed by atoms with E-state index in [0.29, 0.717) is 19.8 Å². The Morgan fingerprint density at radius 3 is 2.12 bits per heavy atom. The van der Waals surface area contributed by atoms with Crippen LogP contribution in [0.25, 0.3) is 0 Å². The highest BCUT2D eigenvalue weighted by Crippen LogP contribution is 2.04. The number of hydrogen-bond donors (Lipinski definition) is 0. The highest BCUT2D eigenvalue weighted by Gasteiger charge is 2.16. The number of carbonyl (C=O) groups excluding carboxylic acids is 3. The van der Waals surface area contributed by atoms with E-state index < -0.39 is 24.5 Å². The average molecular weight is 372 g/mol. The van der Waals surface area contributed by atoms with Crippen molar-refractivity contribution in [3.05, 3.63) is 12.2 Å². The maximum absolute atomic E-state index is 11.7. The van der Waals surface area contributed by atoms with Crippen molar-refractivity contribution in [2.24, 2.45) is 0 Å². The summed E-state index contributed by atoms with van der Waals surface area (Å²) in [7, 11) is 0. The number of rotatable bonds is 16. The van der Waals surface area contributed by atoms with Crippen LogP contribution in [0.15, 0.2) is 12.2 Å². The zero-order valence-electron chi connectivity index (χ0n) is 16.1. The quantitative estimate of drug-likeness (QED) is 0.178. The molecule has 0 aromatic carbocycles. The minimum Gasteiger partial charge on any atom is -0.463 e. The minimum absolute atomic E-state index is 0.0716. The van der Waals surface area contributed by atoms with E-state index in [9.17, 15) is 14.4 Å². The molecule has 0 saturated heterocycles. The summed E-state index contributed by atoms with van der Waals surface area (Å²) in [6, 6.07) is 0. The first-order valence-corrected chi connectivity index (χ1v) is 9.25. The van der Waals surface area contributed by atoms with Gasteiger partial charge in [-0.15, -0.1) is 0 Å². The molecule has 0 unspecified atom stereocenters. The molecule has 150 valence electrons. The van der Waals surface area contributed by atoms with E-state index in [4.69, 9.17) is 18.9 Å². The molecule has 0 heterocycles. The molecule has 0 radical (unpaired) electrons. The van der Waals surface area contributed by atoms with E-state index in [0.717, 1.165) is 38.5 Å². The molecular formula is C19H32O7. The molecule has 0 aliphatic carbocycles. The molecule has 26 heavy (non-hydrogen) atoms. The molecule has 0 aromatic rings. The van der Waals surface area contributed by atoms with Crippen LogP contribution in [0.5, 0.6) is 0 Å². The summed E-state index contributed by atoms with van der Waals surface area (Å²) in [5.41, 5.74) is -0.0716. The number of hydrogen-bond acceptors (Lipinski definition) is 7. The highest BCUT2D eigenvalue weighted by atomic mass is 16.6. The number of ether oxygens (including phenoxy) is 4. The van der Waals surface area contributed by atoms with Gasteiger partial charge in [0, 0.05) is 12.2 Å². The molecule has 0 bridgehead atoms. The lowest BCUT2D eigenvalue weighted by atomic mass is 10.2. The van der Waals surface area contributed by atoms with Crippen molar-refractivity contribution < 1.29 is 33.3 Å². The fraction of sp³-hybridized carbons (Fsp3) is 0.737. The van der Waals surface area contributed by atoms with Crippen molar-refractivity contribution in [2.75, 3.05) is 33.0 Å². The first-order chi connectivity index (χ1) is 12.5. The third-order valence-electron chi connectivity index (χ3n) is 3.36. The fourth-order valence-corrected chi connectivity index (χ4v) is 1.84. The summed E-state index contributed by atoms with van der Waals surface area (Å²) in [6.45, 7) is 8.50. The third-order valence-corrected chi connectivity index (χ3v) is 3.36. The zero-order valence-corrected chi connectivity index (χ0v) is 16.1. The summed E-state index contributed by atoms with van der Waals surface area (Å²) in [4.78, 5) is 34.7. The molecule has 0 aliphatic rings. The van der Waals surface area contributed by atoms with Gasteiger partial charge < -0.3 is 18.9 Å². The zero-order chi connectivity index (χ0) is 19.6. The second-order valence-corrected chi connectivity index (χ2v) is 5.82. The van der Waals surface area contributed by atoms with Crippen LogP contribution >= 0.6 is 0 Å². The van der Waals surface area contributed by atoms with Crippen molar-refractivity contribution in [2.45, 2.75) is 58.8 Å². The molecule has 0 saturated carbocycles. The SMILES string of the molecule is C=C(CC(=O)OCCOCCCC)C(=O)OCC(=O)OCCCCCC. The van der Waals surface area contributed by atoms with Gasteiger partial charge in [-0.2, -0.15) is 0 Å². The molecule has 0 fully saturated rings. The lowest BCUT2D eigenvalue weighted by molar-refractivity contribution is -0.157. The predicted octanol–water partition coefficient (Wildman–Crippen LogP) is 2.96.